The molecule has 4 fully saturated rings. The molecule has 0 radical (unpaired) electrons. The van der Waals surface area contributed by atoms with E-state index < -0.39 is 0 Å². The molecule has 1 aromatic carbocycles. The molecule has 4 heteroatoms. The smallest absolute Gasteiger partial charge is 0.319 e. The standard InChI is InChI=1S/C31H49N3O/c1-31(25-14-7-3-8-15-25)21-11-16-28(24-12-5-2-6-13-24)29(31)33-30(35)32-26-17-19-27(20-18-26)34-22-9-4-10-23-34/h17-20,24-25,28-29H,2-16,21-23H2,1H3,(H2,32,33,35)/t28-,29+,31?/m1/s1. The van der Waals surface area contributed by atoms with Gasteiger partial charge in [-0.25, -0.2) is 4.79 Å². The summed E-state index contributed by atoms with van der Waals surface area (Å²) in [6.45, 7) is 4.84. The van der Waals surface area contributed by atoms with Crippen LogP contribution in [0.2, 0.25) is 0 Å². The molecule has 4 aliphatic rings. The molecule has 1 unspecified atom stereocenters. The van der Waals surface area contributed by atoms with Crippen LogP contribution in [-0.2, 0) is 0 Å². The van der Waals surface area contributed by atoms with E-state index in [4.69, 9.17) is 0 Å². The fraction of sp³-hybridized carbons (Fsp3) is 0.774. The first-order valence-corrected chi connectivity index (χ1v) is 15.1. The predicted octanol–water partition coefficient (Wildman–Crippen LogP) is 8.13. The average molecular weight is 480 g/mol. The number of carbonyl (C=O) groups is 1. The molecule has 1 aliphatic heterocycles. The molecule has 0 spiro atoms. The van der Waals surface area contributed by atoms with Gasteiger partial charge < -0.3 is 15.5 Å². The van der Waals surface area contributed by atoms with Crippen molar-refractivity contribution in [1.82, 2.24) is 5.32 Å². The fourth-order valence-corrected chi connectivity index (χ4v) is 8.31. The van der Waals surface area contributed by atoms with Crippen LogP contribution in [0.5, 0.6) is 0 Å². The highest BCUT2D eigenvalue weighted by Gasteiger charge is 2.49. The maximum absolute atomic E-state index is 13.4. The summed E-state index contributed by atoms with van der Waals surface area (Å²) in [5.74, 6) is 2.20. The number of hydrogen-bond donors (Lipinski definition) is 2. The van der Waals surface area contributed by atoms with Gasteiger partial charge in [-0.3, -0.25) is 0 Å². The minimum atomic E-state index is 0.00506. The zero-order valence-electron chi connectivity index (χ0n) is 22.2. The first kappa shape index (κ1) is 25.0. The number of hydrogen-bond acceptors (Lipinski definition) is 2. The molecular weight excluding hydrogens is 430 g/mol. The quantitative estimate of drug-likeness (QED) is 0.448. The predicted molar refractivity (Wildman–Crippen MR) is 147 cm³/mol. The number of nitrogens with one attached hydrogen (secondary N) is 2. The molecule has 1 aromatic rings. The maximum atomic E-state index is 13.4. The molecular formula is C31H49N3O. The lowest BCUT2D eigenvalue weighted by atomic mass is 9.55. The second-order valence-electron chi connectivity index (χ2n) is 12.5. The molecule has 35 heavy (non-hydrogen) atoms. The summed E-state index contributed by atoms with van der Waals surface area (Å²) in [5, 5.41) is 6.84. The van der Waals surface area contributed by atoms with Crippen molar-refractivity contribution in [1.29, 1.82) is 0 Å². The van der Waals surface area contributed by atoms with Crippen molar-refractivity contribution in [3.05, 3.63) is 24.3 Å². The Kier molecular flexibility index (Phi) is 8.25. The van der Waals surface area contributed by atoms with Gasteiger partial charge in [-0.15, -0.1) is 0 Å². The summed E-state index contributed by atoms with van der Waals surface area (Å²) in [6, 6.07) is 8.84. The summed E-state index contributed by atoms with van der Waals surface area (Å²) >= 11 is 0. The topological polar surface area (TPSA) is 44.4 Å². The van der Waals surface area contributed by atoms with Crippen molar-refractivity contribution in [3.8, 4) is 0 Å². The van der Waals surface area contributed by atoms with Crippen LogP contribution in [0.25, 0.3) is 0 Å². The monoisotopic (exact) mass is 479 g/mol. The first-order chi connectivity index (χ1) is 17.1. The van der Waals surface area contributed by atoms with Crippen molar-refractivity contribution >= 4 is 17.4 Å². The van der Waals surface area contributed by atoms with E-state index in [0.717, 1.165) is 30.6 Å². The summed E-state index contributed by atoms with van der Waals surface area (Å²) in [6.07, 6.45) is 21.5. The van der Waals surface area contributed by atoms with Crippen LogP contribution < -0.4 is 15.5 Å². The molecule has 0 aromatic heterocycles. The average Bonchev–Trinajstić information content (AvgIpc) is 2.92. The highest BCUT2D eigenvalue weighted by molar-refractivity contribution is 5.89. The van der Waals surface area contributed by atoms with E-state index in [1.807, 2.05) is 0 Å². The SMILES string of the molecule is CC1(C2CCCCC2)CCC[C@H](C2CCCCC2)[C@@H]1NC(=O)Nc1ccc(N2CCCCC2)cc1. The minimum Gasteiger partial charge on any atom is -0.372 e. The van der Waals surface area contributed by atoms with E-state index in [-0.39, 0.29) is 11.4 Å². The third-order valence-corrected chi connectivity index (χ3v) is 10.3. The van der Waals surface area contributed by atoms with E-state index >= 15 is 0 Å². The van der Waals surface area contributed by atoms with Crippen LogP contribution in [0, 0.1) is 23.2 Å². The Bertz CT molecular complexity index is 805. The molecule has 4 nitrogen and oxygen atoms in total. The van der Waals surface area contributed by atoms with Gasteiger partial charge in [0, 0.05) is 30.5 Å². The van der Waals surface area contributed by atoms with Gasteiger partial charge in [0.15, 0.2) is 0 Å². The van der Waals surface area contributed by atoms with Gasteiger partial charge in [-0.05, 0) is 92.4 Å². The Morgan fingerprint density at radius 1 is 0.800 bits per heavy atom. The third kappa shape index (κ3) is 5.83. The van der Waals surface area contributed by atoms with Crippen LogP contribution in [0.3, 0.4) is 0 Å². The first-order valence-electron chi connectivity index (χ1n) is 15.1. The number of carbonyl (C=O) groups excluding carboxylic acids is 1. The maximum Gasteiger partial charge on any atom is 0.319 e. The number of rotatable bonds is 5. The Morgan fingerprint density at radius 2 is 1.43 bits per heavy atom. The van der Waals surface area contributed by atoms with Crippen LogP contribution in [0.1, 0.15) is 110 Å². The largest absolute Gasteiger partial charge is 0.372 e. The van der Waals surface area contributed by atoms with Crippen molar-refractivity contribution in [2.45, 2.75) is 116 Å². The highest BCUT2D eigenvalue weighted by atomic mass is 16.2. The second-order valence-corrected chi connectivity index (χ2v) is 12.5. The lowest BCUT2D eigenvalue weighted by molar-refractivity contribution is -0.00471. The van der Waals surface area contributed by atoms with Gasteiger partial charge in [-0.2, -0.15) is 0 Å². The second kappa shape index (κ2) is 11.6. The van der Waals surface area contributed by atoms with Gasteiger partial charge in [-0.1, -0.05) is 64.7 Å². The lowest BCUT2D eigenvalue weighted by Gasteiger charge is -2.54. The molecule has 2 N–H and O–H groups in total. The van der Waals surface area contributed by atoms with Gasteiger partial charge in [0.1, 0.15) is 0 Å². The van der Waals surface area contributed by atoms with Crippen LogP contribution in [-0.4, -0.2) is 25.2 Å². The van der Waals surface area contributed by atoms with Crippen LogP contribution in [0.15, 0.2) is 24.3 Å². The number of urea groups is 1. The molecule has 194 valence electrons. The van der Waals surface area contributed by atoms with Crippen molar-refractivity contribution in [2.24, 2.45) is 23.2 Å². The van der Waals surface area contributed by atoms with Crippen molar-refractivity contribution in [3.63, 3.8) is 0 Å². The van der Waals surface area contributed by atoms with Gasteiger partial charge >= 0.3 is 6.03 Å². The Balaban J connectivity index is 1.29. The number of benzene rings is 1. The number of amides is 2. The van der Waals surface area contributed by atoms with E-state index in [1.54, 1.807) is 0 Å². The minimum absolute atomic E-state index is 0.00506. The number of piperidine rings is 1. The molecule has 2 amide bonds. The molecule has 5 rings (SSSR count). The zero-order valence-corrected chi connectivity index (χ0v) is 22.2. The Hall–Kier alpha value is -1.71. The van der Waals surface area contributed by atoms with Crippen LogP contribution in [0.4, 0.5) is 16.2 Å². The fourth-order valence-electron chi connectivity index (χ4n) is 8.31. The number of nitrogens with zero attached hydrogens (tertiary/aromatic N) is 1. The summed E-state index contributed by atoms with van der Waals surface area (Å²) < 4.78 is 0. The summed E-state index contributed by atoms with van der Waals surface area (Å²) in [7, 11) is 0. The van der Waals surface area contributed by atoms with Crippen molar-refractivity contribution < 1.29 is 4.79 Å². The van der Waals surface area contributed by atoms with E-state index in [0.29, 0.717) is 12.0 Å². The molecule has 0 bridgehead atoms. The third-order valence-electron chi connectivity index (χ3n) is 10.3. The van der Waals surface area contributed by atoms with Gasteiger partial charge in [0.2, 0.25) is 0 Å². The van der Waals surface area contributed by atoms with E-state index in [1.165, 1.54) is 108 Å². The van der Waals surface area contributed by atoms with Gasteiger partial charge in [0.25, 0.3) is 0 Å². The van der Waals surface area contributed by atoms with Gasteiger partial charge in [0.05, 0.1) is 0 Å². The van der Waals surface area contributed by atoms with Crippen molar-refractivity contribution in [2.75, 3.05) is 23.3 Å². The number of anilines is 2. The molecule has 1 heterocycles. The summed E-state index contributed by atoms with van der Waals surface area (Å²) in [4.78, 5) is 15.9. The summed E-state index contributed by atoms with van der Waals surface area (Å²) in [5.41, 5.74) is 2.42. The van der Waals surface area contributed by atoms with Crippen LogP contribution >= 0.6 is 0 Å². The molecule has 3 atom stereocenters. The molecule has 1 saturated heterocycles. The van der Waals surface area contributed by atoms with E-state index in [9.17, 15) is 4.79 Å². The zero-order chi connectivity index (χ0) is 24.1. The Labute approximate surface area is 214 Å². The Morgan fingerprint density at radius 3 is 2.11 bits per heavy atom. The normalized spacial score (nSPS) is 31.2. The molecule has 3 saturated carbocycles. The van der Waals surface area contributed by atoms with E-state index in [2.05, 4.69) is 46.7 Å². The molecule has 3 aliphatic carbocycles. The lowest BCUT2D eigenvalue weighted by Crippen LogP contribution is -2.58. The highest BCUT2D eigenvalue weighted by Crippen LogP contribution is 2.52.